The Hall–Kier alpha value is -5.23. The fraction of sp³-hybridized carbons (Fsp3) is 0.113. The Morgan fingerprint density at radius 1 is 0.481 bits per heavy atom. The Balaban J connectivity index is 1.50. The van der Waals surface area contributed by atoms with Crippen molar-refractivity contribution in [3.63, 3.8) is 0 Å². The first-order chi connectivity index (χ1) is 26.7. The van der Waals surface area contributed by atoms with E-state index in [2.05, 4.69) is 208 Å². The minimum atomic E-state index is -3.28. The van der Waals surface area contributed by atoms with E-state index < -0.39 is 21.3 Å². The van der Waals surface area contributed by atoms with Gasteiger partial charge in [0.05, 0.1) is 0 Å². The number of benzene rings is 7. The van der Waals surface area contributed by atoms with Crippen LogP contribution in [0.2, 0.25) is 0 Å². The average molecular weight is 772 g/mol. The van der Waals surface area contributed by atoms with Crippen molar-refractivity contribution in [2.75, 3.05) is 0 Å². The first-order valence-electron chi connectivity index (χ1n) is 19.5. The third-order valence-electron chi connectivity index (χ3n) is 11.4. The fourth-order valence-electron chi connectivity index (χ4n) is 8.87. The predicted molar refractivity (Wildman–Crippen MR) is 226 cm³/mol. The molecule has 54 heavy (non-hydrogen) atoms. The monoisotopic (exact) mass is 770 g/mol. The van der Waals surface area contributed by atoms with Crippen molar-refractivity contribution in [3.05, 3.63) is 247 Å². The zero-order valence-corrected chi connectivity index (χ0v) is 33.5. The summed E-state index contributed by atoms with van der Waals surface area (Å²) in [6.07, 6.45) is 4.67. The molecular weight excluding hydrogens is 728 g/mol. The number of aryl methyl sites for hydroxylation is 2. The van der Waals surface area contributed by atoms with E-state index in [1.54, 1.807) is 6.49 Å². The standard InChI is InChI=1S/C23H17.C17H17.C13H10.Zr/c1-4-10-18(11-5-1)21-16-22(19-12-6-2-7-13-19)23(17-21)20-14-8-3-9-15-20;1-3-12-5-7-16-14(9-12)11-15-10-13(4-2)6-8-17(15)16;1-3-7-12(8-4-1)11-13-9-5-2-6-10-13;/h1-16,21H;5-11H,3-4H2,1-2H3;1-10H;. The van der Waals surface area contributed by atoms with Gasteiger partial charge in [0.25, 0.3) is 0 Å². The summed E-state index contributed by atoms with van der Waals surface area (Å²) < 4.78 is 3.51. The van der Waals surface area contributed by atoms with Gasteiger partial charge in [-0.2, -0.15) is 0 Å². The molecule has 1 heteroatoms. The van der Waals surface area contributed by atoms with E-state index in [0.717, 1.165) is 12.8 Å². The van der Waals surface area contributed by atoms with E-state index in [1.165, 1.54) is 72.3 Å². The van der Waals surface area contributed by atoms with Crippen molar-refractivity contribution in [3.8, 4) is 11.1 Å². The zero-order chi connectivity index (χ0) is 36.4. The molecule has 0 saturated carbocycles. The molecule has 0 amide bonds. The molecule has 0 heterocycles. The number of hydrogen-bond acceptors (Lipinski definition) is 0. The van der Waals surface area contributed by atoms with Crippen molar-refractivity contribution in [1.29, 1.82) is 0 Å². The second-order valence-corrected chi connectivity index (χ2v) is 20.5. The molecule has 0 fully saturated rings. The summed E-state index contributed by atoms with van der Waals surface area (Å²) in [5, 5.41) is 0. The summed E-state index contributed by atoms with van der Waals surface area (Å²) in [5.74, 6) is 0.143. The Morgan fingerprint density at radius 3 is 1.41 bits per heavy atom. The van der Waals surface area contributed by atoms with Crippen molar-refractivity contribution < 1.29 is 21.3 Å². The van der Waals surface area contributed by atoms with Crippen LogP contribution in [0.15, 0.2) is 197 Å². The van der Waals surface area contributed by atoms with Crippen molar-refractivity contribution >= 4 is 14.4 Å². The molecule has 0 spiro atoms. The number of hydrogen-bond donors (Lipinski definition) is 0. The molecule has 7 aromatic rings. The molecule has 9 rings (SSSR count). The van der Waals surface area contributed by atoms with Gasteiger partial charge in [-0.3, -0.25) is 0 Å². The maximum atomic E-state index is 2.62. The van der Waals surface area contributed by atoms with E-state index in [4.69, 9.17) is 0 Å². The van der Waals surface area contributed by atoms with Crippen LogP contribution in [0.4, 0.5) is 0 Å². The molecule has 0 radical (unpaired) electrons. The average Bonchev–Trinajstić information content (AvgIpc) is 3.80. The second-order valence-electron chi connectivity index (χ2n) is 14.5. The molecule has 0 N–H and O–H groups in total. The van der Waals surface area contributed by atoms with E-state index in [9.17, 15) is 0 Å². The molecule has 7 aromatic carbocycles. The number of allylic oxidation sites excluding steroid dienone is 4. The molecule has 1 unspecified atom stereocenters. The van der Waals surface area contributed by atoms with Crippen LogP contribution in [0.1, 0.15) is 73.5 Å². The summed E-state index contributed by atoms with van der Waals surface area (Å²) in [6.45, 7) is 4.60. The van der Waals surface area contributed by atoms with Gasteiger partial charge < -0.3 is 0 Å². The van der Waals surface area contributed by atoms with Crippen LogP contribution < -0.4 is 0 Å². The molecule has 0 aromatic heterocycles. The molecule has 0 saturated heterocycles. The summed E-state index contributed by atoms with van der Waals surface area (Å²) in [4.78, 5) is 0. The van der Waals surface area contributed by atoms with Gasteiger partial charge >= 0.3 is 330 Å². The summed E-state index contributed by atoms with van der Waals surface area (Å²) >= 11 is -3.28. The van der Waals surface area contributed by atoms with Crippen molar-refractivity contribution in [1.82, 2.24) is 0 Å². The van der Waals surface area contributed by atoms with Crippen LogP contribution in [0.3, 0.4) is 0 Å². The van der Waals surface area contributed by atoms with Gasteiger partial charge in [0.2, 0.25) is 0 Å². The zero-order valence-electron chi connectivity index (χ0n) is 31.0. The van der Waals surface area contributed by atoms with Gasteiger partial charge in [-0.1, -0.05) is 0 Å². The quantitative estimate of drug-likeness (QED) is 0.137. The fourth-order valence-corrected chi connectivity index (χ4v) is 18.8. The summed E-state index contributed by atoms with van der Waals surface area (Å²) in [6, 6.07) is 71.4. The molecule has 0 nitrogen and oxygen atoms in total. The van der Waals surface area contributed by atoms with E-state index in [0.29, 0.717) is 0 Å². The summed E-state index contributed by atoms with van der Waals surface area (Å²) in [7, 11) is 0. The summed E-state index contributed by atoms with van der Waals surface area (Å²) in [5.41, 5.74) is 18.2. The van der Waals surface area contributed by atoms with Gasteiger partial charge in [0.15, 0.2) is 0 Å². The first kappa shape index (κ1) is 34.5. The molecule has 0 bridgehead atoms. The Labute approximate surface area is 328 Å². The van der Waals surface area contributed by atoms with Gasteiger partial charge in [-0.05, 0) is 0 Å². The van der Waals surface area contributed by atoms with Gasteiger partial charge in [0, 0.05) is 0 Å². The predicted octanol–water partition coefficient (Wildman–Crippen LogP) is 13.1. The third-order valence-corrected chi connectivity index (χ3v) is 19.9. The molecular formula is C53H44Zr. The third kappa shape index (κ3) is 6.29. The van der Waals surface area contributed by atoms with E-state index in [1.807, 2.05) is 0 Å². The Kier molecular flexibility index (Phi) is 9.76. The molecule has 2 aliphatic carbocycles. The van der Waals surface area contributed by atoms with Crippen molar-refractivity contribution in [2.24, 2.45) is 0 Å². The second kappa shape index (κ2) is 15.3. The van der Waals surface area contributed by atoms with Crippen molar-refractivity contribution in [2.45, 2.75) is 36.2 Å². The van der Waals surface area contributed by atoms with Crippen LogP contribution in [0.25, 0.3) is 22.3 Å². The molecule has 0 aliphatic heterocycles. The van der Waals surface area contributed by atoms with Crippen LogP contribution in [-0.2, 0) is 34.1 Å². The van der Waals surface area contributed by atoms with Crippen LogP contribution in [-0.4, -0.2) is 3.21 Å². The van der Waals surface area contributed by atoms with Crippen LogP contribution >= 0.6 is 0 Å². The van der Waals surface area contributed by atoms with Crippen LogP contribution in [0, 0.1) is 0 Å². The topological polar surface area (TPSA) is 0 Å². The Bertz CT molecular complexity index is 2430. The SMILES string of the molecule is CCc1ccc2c(c1)[CH]([Zr]([C]1=C(c3ccccc3)C(c3ccccc3)=CC1c1ccccc1)=[C](c1ccccc1)c1ccccc1)c1cc(CC)ccc1-2. The number of rotatable bonds is 9. The molecule has 1 atom stereocenters. The maximum absolute atomic E-state index is 3.28. The first-order valence-corrected chi connectivity index (χ1v) is 23.3. The minimum absolute atomic E-state index is 0.143. The molecule has 260 valence electrons. The molecule has 2 aliphatic rings. The number of fused-ring (bicyclic) bond motifs is 3. The van der Waals surface area contributed by atoms with E-state index >= 15 is 0 Å². The van der Waals surface area contributed by atoms with Gasteiger partial charge in [0.1, 0.15) is 0 Å². The van der Waals surface area contributed by atoms with Gasteiger partial charge in [-0.15, -0.1) is 0 Å². The normalized spacial score (nSPS) is 14.8. The Morgan fingerprint density at radius 2 is 0.926 bits per heavy atom. The van der Waals surface area contributed by atoms with E-state index in [-0.39, 0.29) is 9.54 Å². The van der Waals surface area contributed by atoms with Gasteiger partial charge in [-0.25, -0.2) is 0 Å². The van der Waals surface area contributed by atoms with Crippen LogP contribution in [0.5, 0.6) is 0 Å².